The number of carbonyl (C=O) groups excluding carboxylic acids is 2. The maximum atomic E-state index is 12.7. The second kappa shape index (κ2) is 12.2. The molecule has 2 saturated heterocycles. The Morgan fingerprint density at radius 2 is 1.68 bits per heavy atom. The van der Waals surface area contributed by atoms with Gasteiger partial charge in [0.2, 0.25) is 5.91 Å². The second-order valence-electron chi connectivity index (χ2n) is 10.7. The van der Waals surface area contributed by atoms with Gasteiger partial charge in [0.25, 0.3) is 0 Å². The van der Waals surface area contributed by atoms with Crippen molar-refractivity contribution < 1.29 is 9.59 Å². The Kier molecular flexibility index (Phi) is 9.53. The van der Waals surface area contributed by atoms with Gasteiger partial charge in [0.05, 0.1) is 11.2 Å². The van der Waals surface area contributed by atoms with Crippen LogP contribution >= 0.6 is 12.4 Å². The molecule has 0 aliphatic carbocycles. The van der Waals surface area contributed by atoms with Crippen LogP contribution in [0.25, 0.3) is 5.69 Å². The van der Waals surface area contributed by atoms with Gasteiger partial charge in [-0.1, -0.05) is 19.1 Å². The van der Waals surface area contributed by atoms with Crippen LogP contribution in [0.5, 0.6) is 0 Å². The third-order valence-corrected chi connectivity index (χ3v) is 7.12. The summed E-state index contributed by atoms with van der Waals surface area (Å²) in [6.07, 6.45) is 2.61. The zero-order valence-electron chi connectivity index (χ0n) is 22.3. The van der Waals surface area contributed by atoms with Crippen LogP contribution in [0.1, 0.15) is 32.8 Å². The lowest BCUT2D eigenvalue weighted by Crippen LogP contribution is -2.58. The molecule has 208 valence electrons. The van der Waals surface area contributed by atoms with Gasteiger partial charge in [0, 0.05) is 51.5 Å². The molecule has 3 heterocycles. The Morgan fingerprint density at radius 3 is 2.26 bits per heavy atom. The minimum atomic E-state index is -0.945. The molecule has 1 aromatic heterocycles. The molecule has 0 saturated carbocycles. The Hall–Kier alpha value is -2.99. The Labute approximate surface area is 229 Å². The summed E-state index contributed by atoms with van der Waals surface area (Å²) < 4.78 is 1.44. The van der Waals surface area contributed by atoms with E-state index in [1.165, 1.54) is 10.1 Å². The summed E-state index contributed by atoms with van der Waals surface area (Å²) in [4.78, 5) is 47.4. The number of hydrogen-bond acceptors (Lipinski definition) is 7. The molecule has 2 atom stereocenters. The molecule has 0 radical (unpaired) electrons. The molecule has 0 bridgehead atoms. The highest BCUT2D eigenvalue weighted by Crippen LogP contribution is 2.18. The maximum Gasteiger partial charge on any atom is 0.354 e. The first-order chi connectivity index (χ1) is 17.5. The van der Waals surface area contributed by atoms with E-state index in [-0.39, 0.29) is 36.2 Å². The predicted octanol–water partition coefficient (Wildman–Crippen LogP) is 1.24. The number of piperazine rings is 1. The van der Waals surface area contributed by atoms with E-state index in [9.17, 15) is 14.4 Å². The number of carbonyl (C=O) groups is 2. The van der Waals surface area contributed by atoms with Crippen molar-refractivity contribution in [2.24, 2.45) is 17.4 Å². The highest BCUT2D eigenvalue weighted by Gasteiger charge is 2.31. The third-order valence-electron chi connectivity index (χ3n) is 7.12. The minimum absolute atomic E-state index is 0. The summed E-state index contributed by atoms with van der Waals surface area (Å²) in [5, 5.41) is 2.69. The van der Waals surface area contributed by atoms with Gasteiger partial charge in [0.1, 0.15) is 5.82 Å². The predicted molar refractivity (Wildman–Crippen MR) is 150 cm³/mol. The Morgan fingerprint density at radius 1 is 1.05 bits per heavy atom. The summed E-state index contributed by atoms with van der Waals surface area (Å²) in [5.74, 6) is 0.521. The first-order valence-electron chi connectivity index (χ1n) is 12.8. The number of benzene rings is 1. The quantitative estimate of drug-likeness (QED) is 0.512. The molecule has 11 nitrogen and oxygen atoms in total. The Balaban J connectivity index is 0.00000400. The van der Waals surface area contributed by atoms with Gasteiger partial charge in [-0.2, -0.15) is 4.98 Å². The van der Waals surface area contributed by atoms with Gasteiger partial charge >= 0.3 is 11.7 Å². The maximum absolute atomic E-state index is 12.7. The standard InChI is InChI=1S/C26H38N8O3.ClH/c1-18-16-31(10-8-21(18)27)17-19-4-6-20(7-5-19)34-11-9-22(30-25(34)37)29-24(36)33-14-12-32(13-15-33)23(35)26(2,3)28;/h4-7,9,11,18,21H,8,10,12-17,27-28H2,1-3H3,(H,29,30,36,37);1H/t18-,21-;/m1./s1. The first kappa shape index (κ1) is 29.6. The number of nitrogens with two attached hydrogens (primary N) is 2. The van der Waals surface area contributed by atoms with Gasteiger partial charge in [-0.15, -0.1) is 12.4 Å². The molecule has 0 unspecified atom stereocenters. The lowest BCUT2D eigenvalue weighted by molar-refractivity contribution is -0.137. The van der Waals surface area contributed by atoms with Gasteiger partial charge < -0.3 is 21.3 Å². The topological polar surface area (TPSA) is 143 Å². The van der Waals surface area contributed by atoms with Crippen LogP contribution < -0.4 is 22.5 Å². The zero-order chi connectivity index (χ0) is 26.7. The van der Waals surface area contributed by atoms with E-state index in [0.29, 0.717) is 37.8 Å². The lowest BCUT2D eigenvalue weighted by Gasteiger charge is -2.37. The number of likely N-dealkylation sites (tertiary alicyclic amines) is 1. The molecule has 1 aromatic carbocycles. The lowest BCUT2D eigenvalue weighted by atomic mass is 9.94. The normalized spacial score (nSPS) is 20.6. The van der Waals surface area contributed by atoms with Crippen LogP contribution in [-0.4, -0.2) is 87.0 Å². The fourth-order valence-electron chi connectivity index (χ4n) is 4.79. The highest BCUT2D eigenvalue weighted by molar-refractivity contribution is 5.89. The van der Waals surface area contributed by atoms with Crippen LogP contribution in [0.4, 0.5) is 10.6 Å². The summed E-state index contributed by atoms with van der Waals surface area (Å²) in [6, 6.07) is 9.36. The molecule has 5 N–H and O–H groups in total. The molecule has 0 spiro atoms. The summed E-state index contributed by atoms with van der Waals surface area (Å²) in [5.41, 5.74) is 12.5. The van der Waals surface area contributed by atoms with Gasteiger partial charge in [-0.3, -0.25) is 19.6 Å². The van der Waals surface area contributed by atoms with Crippen LogP contribution in [0.15, 0.2) is 41.3 Å². The van der Waals surface area contributed by atoms with Crippen molar-refractivity contribution in [3.8, 4) is 5.69 Å². The molecule has 2 fully saturated rings. The SMILES string of the molecule is C[C@@H]1CN(Cc2ccc(-n3ccc(NC(=O)N4CCN(C(=O)C(C)(C)N)CC4)nc3=O)cc2)CC[C@H]1N.Cl. The first-order valence-corrected chi connectivity index (χ1v) is 12.8. The smallest absolute Gasteiger partial charge is 0.338 e. The molecular weight excluding hydrogens is 508 g/mol. The average molecular weight is 547 g/mol. The van der Waals surface area contributed by atoms with E-state index in [0.717, 1.165) is 26.1 Å². The molecule has 2 aliphatic heterocycles. The van der Waals surface area contributed by atoms with Gasteiger partial charge in [-0.25, -0.2) is 9.59 Å². The van der Waals surface area contributed by atoms with E-state index in [2.05, 4.69) is 22.1 Å². The number of anilines is 1. The fourth-order valence-corrected chi connectivity index (χ4v) is 4.79. The molecule has 12 heteroatoms. The van der Waals surface area contributed by atoms with Crippen molar-refractivity contribution in [1.82, 2.24) is 24.3 Å². The van der Waals surface area contributed by atoms with Crippen LogP contribution in [0.3, 0.4) is 0 Å². The third kappa shape index (κ3) is 7.10. The molecule has 4 rings (SSSR count). The number of urea groups is 1. The number of aromatic nitrogens is 2. The van der Waals surface area contributed by atoms with Crippen molar-refractivity contribution in [2.75, 3.05) is 44.6 Å². The average Bonchev–Trinajstić information content (AvgIpc) is 2.86. The van der Waals surface area contributed by atoms with E-state index in [1.807, 2.05) is 24.3 Å². The zero-order valence-corrected chi connectivity index (χ0v) is 23.1. The fraction of sp³-hybridized carbons (Fsp3) is 0.538. The van der Waals surface area contributed by atoms with Crippen molar-refractivity contribution in [3.63, 3.8) is 0 Å². The van der Waals surface area contributed by atoms with Crippen molar-refractivity contribution in [1.29, 1.82) is 0 Å². The number of rotatable bonds is 5. The minimum Gasteiger partial charge on any atom is -0.338 e. The molecule has 38 heavy (non-hydrogen) atoms. The number of halogens is 1. The van der Waals surface area contributed by atoms with E-state index < -0.39 is 11.2 Å². The largest absolute Gasteiger partial charge is 0.354 e. The van der Waals surface area contributed by atoms with Gasteiger partial charge in [0.15, 0.2) is 0 Å². The van der Waals surface area contributed by atoms with Crippen molar-refractivity contribution >= 4 is 30.2 Å². The monoisotopic (exact) mass is 546 g/mol. The number of nitrogens with zero attached hydrogens (tertiary/aromatic N) is 5. The van der Waals surface area contributed by atoms with Crippen LogP contribution in [0, 0.1) is 5.92 Å². The molecular formula is C26H39ClN8O3. The highest BCUT2D eigenvalue weighted by atomic mass is 35.5. The van der Waals surface area contributed by atoms with E-state index in [1.54, 1.807) is 35.9 Å². The number of amides is 3. The number of hydrogen-bond donors (Lipinski definition) is 3. The molecule has 2 aromatic rings. The van der Waals surface area contributed by atoms with Crippen LogP contribution in [-0.2, 0) is 11.3 Å². The number of piperidine rings is 1. The summed E-state index contributed by atoms with van der Waals surface area (Å²) in [7, 11) is 0. The van der Waals surface area contributed by atoms with Crippen LogP contribution in [0.2, 0.25) is 0 Å². The van der Waals surface area contributed by atoms with E-state index >= 15 is 0 Å². The Bertz CT molecular complexity index is 1170. The van der Waals surface area contributed by atoms with Crippen molar-refractivity contribution in [3.05, 3.63) is 52.6 Å². The summed E-state index contributed by atoms with van der Waals surface area (Å²) in [6.45, 7) is 9.92. The molecule has 3 amide bonds. The summed E-state index contributed by atoms with van der Waals surface area (Å²) >= 11 is 0. The van der Waals surface area contributed by atoms with Gasteiger partial charge in [-0.05, 0) is 56.5 Å². The number of nitrogens with one attached hydrogen (secondary N) is 1. The van der Waals surface area contributed by atoms with Crippen molar-refractivity contribution in [2.45, 2.75) is 45.3 Å². The van der Waals surface area contributed by atoms with E-state index in [4.69, 9.17) is 11.5 Å². The second-order valence-corrected chi connectivity index (χ2v) is 10.7. The molecule has 2 aliphatic rings.